The van der Waals surface area contributed by atoms with Crippen LogP contribution in [0.4, 0.5) is 11.8 Å². The Morgan fingerprint density at radius 2 is 2.00 bits per heavy atom. The number of anilines is 2. The van der Waals surface area contributed by atoms with Crippen LogP contribution in [0.25, 0.3) is 0 Å². The first-order valence-corrected chi connectivity index (χ1v) is 13.8. The molecule has 1 spiro atoms. The van der Waals surface area contributed by atoms with Crippen molar-refractivity contribution in [2.24, 2.45) is 16.7 Å². The van der Waals surface area contributed by atoms with E-state index in [2.05, 4.69) is 49.6 Å². The highest BCUT2D eigenvalue weighted by atomic mass is 16.5. The summed E-state index contributed by atoms with van der Waals surface area (Å²) in [5, 5.41) is 7.95. The van der Waals surface area contributed by atoms with Crippen LogP contribution in [-0.4, -0.2) is 52.1 Å². The van der Waals surface area contributed by atoms with E-state index in [1.165, 1.54) is 11.6 Å². The third kappa shape index (κ3) is 5.39. The van der Waals surface area contributed by atoms with Gasteiger partial charge in [-0.05, 0) is 62.9 Å². The van der Waals surface area contributed by atoms with Crippen LogP contribution < -0.4 is 10.2 Å². The number of hydrogen-bond acceptors (Lipinski definition) is 7. The normalized spacial score (nSPS) is 20.6. The Balaban J connectivity index is 1.43. The van der Waals surface area contributed by atoms with Crippen LogP contribution in [0.2, 0.25) is 0 Å². The van der Waals surface area contributed by atoms with Crippen LogP contribution >= 0.6 is 0 Å². The lowest BCUT2D eigenvalue weighted by Gasteiger charge is -2.47. The smallest absolute Gasteiger partial charge is 0.245 e. The fourth-order valence-corrected chi connectivity index (χ4v) is 6.10. The minimum atomic E-state index is 0.0143. The first-order chi connectivity index (χ1) is 17.6. The second kappa shape index (κ2) is 9.76. The Bertz CT molecular complexity index is 1160. The summed E-state index contributed by atoms with van der Waals surface area (Å²) >= 11 is 0. The molecule has 1 atom stereocenters. The molecule has 2 aromatic heterocycles. The van der Waals surface area contributed by atoms with Crippen molar-refractivity contribution in [3.05, 3.63) is 41.4 Å². The van der Waals surface area contributed by atoms with Crippen molar-refractivity contribution in [3.8, 4) is 0 Å². The molecule has 0 saturated carbocycles. The maximum atomic E-state index is 12.0. The molecule has 4 heterocycles. The van der Waals surface area contributed by atoms with E-state index in [-0.39, 0.29) is 22.8 Å². The quantitative estimate of drug-likeness (QED) is 0.498. The summed E-state index contributed by atoms with van der Waals surface area (Å²) in [7, 11) is 0. The first kappa shape index (κ1) is 25.7. The summed E-state index contributed by atoms with van der Waals surface area (Å²) in [6.07, 6.45) is 7.54. The molecule has 3 aliphatic rings. The molecule has 1 aliphatic carbocycles. The van der Waals surface area contributed by atoms with Gasteiger partial charge in [0.05, 0.1) is 17.4 Å². The van der Waals surface area contributed by atoms with Gasteiger partial charge in [-0.3, -0.25) is 4.79 Å². The standard InChI is InChI=1S/C29H42N6O2/c1-7-25(36)35-17-29(18-35)12-13-34(16-29)27-31-23-15-28(5,6)11-10-21(23)26(32-27)30-22(9-8-19(2)3)24-14-20(4)33-37-24/h7,14,19,22H,1,8-13,15-18H2,2-6H3,(H,30,31,32). The summed E-state index contributed by atoms with van der Waals surface area (Å²) in [5.41, 5.74) is 3.67. The topological polar surface area (TPSA) is 87.4 Å². The molecule has 8 heteroatoms. The molecule has 2 aliphatic heterocycles. The fraction of sp³-hybridized carbons (Fsp3) is 0.655. The summed E-state index contributed by atoms with van der Waals surface area (Å²) in [4.78, 5) is 26.5. The maximum Gasteiger partial charge on any atom is 0.245 e. The molecule has 37 heavy (non-hydrogen) atoms. The van der Waals surface area contributed by atoms with Gasteiger partial charge < -0.3 is 19.6 Å². The van der Waals surface area contributed by atoms with E-state index in [1.807, 2.05) is 17.9 Å². The van der Waals surface area contributed by atoms with Gasteiger partial charge in [-0.2, -0.15) is 4.98 Å². The molecule has 0 radical (unpaired) electrons. The predicted octanol–water partition coefficient (Wildman–Crippen LogP) is 5.10. The van der Waals surface area contributed by atoms with Crippen LogP contribution in [-0.2, 0) is 17.6 Å². The zero-order valence-corrected chi connectivity index (χ0v) is 23.1. The number of rotatable bonds is 8. The van der Waals surface area contributed by atoms with Crippen LogP contribution in [0, 0.1) is 23.7 Å². The Labute approximate surface area is 220 Å². The molecular formula is C29H42N6O2. The molecule has 5 rings (SSSR count). The van der Waals surface area contributed by atoms with E-state index in [0.717, 1.165) is 93.6 Å². The van der Waals surface area contributed by atoms with E-state index in [9.17, 15) is 4.79 Å². The van der Waals surface area contributed by atoms with E-state index in [0.29, 0.717) is 5.92 Å². The fourth-order valence-electron chi connectivity index (χ4n) is 6.10. The number of hydrogen-bond donors (Lipinski definition) is 1. The average molecular weight is 507 g/mol. The number of aromatic nitrogens is 3. The van der Waals surface area contributed by atoms with Gasteiger partial charge in [-0.25, -0.2) is 4.98 Å². The number of aryl methyl sites for hydroxylation is 1. The number of fused-ring (bicyclic) bond motifs is 1. The second-order valence-corrected chi connectivity index (χ2v) is 12.7. The molecule has 2 aromatic rings. The number of carbonyl (C=O) groups excluding carboxylic acids is 1. The molecule has 0 aromatic carbocycles. The third-order valence-electron chi connectivity index (χ3n) is 8.37. The van der Waals surface area contributed by atoms with Crippen molar-refractivity contribution < 1.29 is 9.32 Å². The summed E-state index contributed by atoms with van der Waals surface area (Å²) in [6, 6.07) is 2.05. The van der Waals surface area contributed by atoms with Crippen LogP contribution in [0.1, 0.15) is 82.1 Å². The minimum Gasteiger partial charge on any atom is -0.360 e. The summed E-state index contributed by atoms with van der Waals surface area (Å²) in [5.74, 6) is 3.24. The molecule has 200 valence electrons. The molecule has 2 saturated heterocycles. The minimum absolute atomic E-state index is 0.0143. The van der Waals surface area contributed by atoms with Gasteiger partial charge in [0.2, 0.25) is 11.9 Å². The lowest BCUT2D eigenvalue weighted by atomic mass is 9.76. The van der Waals surface area contributed by atoms with E-state index >= 15 is 0 Å². The zero-order valence-electron chi connectivity index (χ0n) is 23.1. The van der Waals surface area contributed by atoms with E-state index in [4.69, 9.17) is 14.5 Å². The highest BCUT2D eigenvalue weighted by Crippen LogP contribution is 2.43. The van der Waals surface area contributed by atoms with E-state index < -0.39 is 0 Å². The van der Waals surface area contributed by atoms with Crippen molar-refractivity contribution in [2.45, 2.75) is 79.2 Å². The lowest BCUT2D eigenvalue weighted by molar-refractivity contribution is -0.136. The largest absolute Gasteiger partial charge is 0.360 e. The Morgan fingerprint density at radius 1 is 1.22 bits per heavy atom. The number of amides is 1. The van der Waals surface area contributed by atoms with Crippen molar-refractivity contribution in [3.63, 3.8) is 0 Å². The predicted molar refractivity (Wildman–Crippen MR) is 146 cm³/mol. The zero-order chi connectivity index (χ0) is 26.4. The van der Waals surface area contributed by atoms with Gasteiger partial charge in [-0.1, -0.05) is 39.4 Å². The number of carbonyl (C=O) groups is 1. The van der Waals surface area contributed by atoms with E-state index in [1.54, 1.807) is 0 Å². The average Bonchev–Trinajstić information content (AvgIpc) is 3.46. The van der Waals surface area contributed by atoms with Gasteiger partial charge in [-0.15, -0.1) is 0 Å². The third-order valence-corrected chi connectivity index (χ3v) is 8.37. The van der Waals surface area contributed by atoms with Crippen molar-refractivity contribution in [1.29, 1.82) is 0 Å². The van der Waals surface area contributed by atoms with Gasteiger partial charge >= 0.3 is 0 Å². The molecule has 8 nitrogen and oxygen atoms in total. The first-order valence-electron chi connectivity index (χ1n) is 13.8. The van der Waals surface area contributed by atoms with Gasteiger partial charge in [0, 0.05) is 43.2 Å². The lowest BCUT2D eigenvalue weighted by Crippen LogP contribution is -2.59. The monoisotopic (exact) mass is 506 g/mol. The van der Waals surface area contributed by atoms with Crippen molar-refractivity contribution >= 4 is 17.7 Å². The number of nitrogens with zero attached hydrogens (tertiary/aromatic N) is 5. The SMILES string of the molecule is C=CC(=O)N1CC2(CCN(c3nc4c(c(NC(CCC(C)C)c5cc(C)no5)n3)CCC(C)(C)C4)C2)C1. The highest BCUT2D eigenvalue weighted by molar-refractivity contribution is 5.87. The Hall–Kier alpha value is -2.90. The number of nitrogens with one attached hydrogen (secondary N) is 1. The molecule has 1 N–H and O–H groups in total. The summed E-state index contributed by atoms with van der Waals surface area (Å²) < 4.78 is 5.72. The molecule has 1 unspecified atom stereocenters. The van der Waals surface area contributed by atoms with Crippen molar-refractivity contribution in [2.75, 3.05) is 36.4 Å². The Morgan fingerprint density at radius 3 is 2.68 bits per heavy atom. The van der Waals surface area contributed by atoms with Crippen LogP contribution in [0.15, 0.2) is 23.2 Å². The maximum absolute atomic E-state index is 12.0. The highest BCUT2D eigenvalue weighted by Gasteiger charge is 2.49. The summed E-state index contributed by atoms with van der Waals surface area (Å²) in [6.45, 7) is 18.1. The van der Waals surface area contributed by atoms with Crippen LogP contribution in [0.3, 0.4) is 0 Å². The van der Waals surface area contributed by atoms with Gasteiger partial charge in [0.25, 0.3) is 0 Å². The van der Waals surface area contributed by atoms with Gasteiger partial charge in [0.15, 0.2) is 5.76 Å². The van der Waals surface area contributed by atoms with Crippen LogP contribution in [0.5, 0.6) is 0 Å². The van der Waals surface area contributed by atoms with Gasteiger partial charge in [0.1, 0.15) is 5.82 Å². The molecule has 0 bridgehead atoms. The van der Waals surface area contributed by atoms with Crippen molar-refractivity contribution in [1.82, 2.24) is 20.0 Å². The number of likely N-dealkylation sites (tertiary alicyclic amines) is 1. The molecule has 2 fully saturated rings. The Kier molecular flexibility index (Phi) is 6.79. The molecule has 1 amide bonds. The molecular weight excluding hydrogens is 464 g/mol. The second-order valence-electron chi connectivity index (χ2n) is 12.7.